The molecule has 2 rings (SSSR count). The van der Waals surface area contributed by atoms with Crippen LogP contribution in [0.5, 0.6) is 0 Å². The van der Waals surface area contributed by atoms with Crippen molar-refractivity contribution in [1.29, 1.82) is 0 Å². The third-order valence-corrected chi connectivity index (χ3v) is 6.08. The van der Waals surface area contributed by atoms with Crippen molar-refractivity contribution < 1.29 is 19.8 Å². The molecule has 0 spiro atoms. The van der Waals surface area contributed by atoms with Gasteiger partial charge in [0.15, 0.2) is 0 Å². The highest BCUT2D eigenvalue weighted by atomic mass is 16.4. The summed E-state index contributed by atoms with van der Waals surface area (Å²) >= 11 is 0. The molecule has 144 valence electrons. The van der Waals surface area contributed by atoms with Gasteiger partial charge in [0.2, 0.25) is 5.91 Å². The van der Waals surface area contributed by atoms with Gasteiger partial charge < -0.3 is 25.3 Å². The van der Waals surface area contributed by atoms with E-state index < -0.39 is 18.2 Å². The van der Waals surface area contributed by atoms with E-state index in [1.807, 2.05) is 11.8 Å². The number of carbonyl (C=O) groups is 2. The minimum absolute atomic E-state index is 0.000132. The van der Waals surface area contributed by atoms with Crippen molar-refractivity contribution >= 4 is 12.0 Å². The summed E-state index contributed by atoms with van der Waals surface area (Å²) in [4.78, 5) is 27.7. The molecule has 2 amide bonds. The van der Waals surface area contributed by atoms with Gasteiger partial charge in [-0.05, 0) is 53.0 Å². The van der Waals surface area contributed by atoms with Crippen LogP contribution in [0.4, 0.5) is 4.79 Å². The summed E-state index contributed by atoms with van der Waals surface area (Å²) in [5.74, 6) is -0.103. The van der Waals surface area contributed by atoms with Crippen LogP contribution >= 0.6 is 0 Å². The van der Waals surface area contributed by atoms with E-state index >= 15 is 0 Å². The van der Waals surface area contributed by atoms with Crippen molar-refractivity contribution in [2.45, 2.75) is 83.1 Å². The lowest BCUT2D eigenvalue weighted by molar-refractivity contribution is -0.135. The van der Waals surface area contributed by atoms with Gasteiger partial charge in [0, 0.05) is 30.6 Å². The molecular formula is C18H33N3O4. The highest BCUT2D eigenvalue weighted by molar-refractivity contribution is 5.87. The normalized spacial score (nSPS) is 31.6. The van der Waals surface area contributed by atoms with Crippen molar-refractivity contribution in [2.75, 3.05) is 13.6 Å². The minimum Gasteiger partial charge on any atom is -0.465 e. The Labute approximate surface area is 150 Å². The van der Waals surface area contributed by atoms with Crippen molar-refractivity contribution in [2.24, 2.45) is 5.92 Å². The first-order chi connectivity index (χ1) is 11.8. The molecule has 7 nitrogen and oxygen atoms in total. The van der Waals surface area contributed by atoms with Gasteiger partial charge in [-0.25, -0.2) is 4.79 Å². The van der Waals surface area contributed by atoms with Crippen molar-refractivity contribution in [3.8, 4) is 0 Å². The average molecular weight is 355 g/mol. The quantitative estimate of drug-likeness (QED) is 0.671. The number of hydrogen-bond donors (Lipinski definition) is 3. The minimum atomic E-state index is -1.16. The number of carboxylic acid groups (broad SMARTS) is 1. The summed E-state index contributed by atoms with van der Waals surface area (Å²) in [5.41, 5.74) is 0. The maximum atomic E-state index is 12.6. The Morgan fingerprint density at radius 1 is 1.36 bits per heavy atom. The van der Waals surface area contributed by atoms with Crippen LogP contribution in [0, 0.1) is 5.92 Å². The highest BCUT2D eigenvalue weighted by Crippen LogP contribution is 2.36. The second-order valence-corrected chi connectivity index (χ2v) is 7.76. The van der Waals surface area contributed by atoms with Crippen molar-refractivity contribution in [3.05, 3.63) is 0 Å². The molecule has 1 unspecified atom stereocenters. The molecule has 5 atom stereocenters. The topological polar surface area (TPSA) is 93.1 Å². The van der Waals surface area contributed by atoms with Crippen LogP contribution in [-0.4, -0.2) is 75.9 Å². The first-order valence-electron chi connectivity index (χ1n) is 9.46. The van der Waals surface area contributed by atoms with E-state index in [2.05, 4.69) is 31.1 Å². The second-order valence-electron chi connectivity index (χ2n) is 7.76. The second kappa shape index (κ2) is 8.36. The van der Waals surface area contributed by atoms with Crippen LogP contribution in [0.25, 0.3) is 0 Å². The molecule has 1 aliphatic heterocycles. The smallest absolute Gasteiger partial charge is 0.405 e. The number of nitrogens with zero attached hydrogens (tertiary/aromatic N) is 2. The largest absolute Gasteiger partial charge is 0.465 e. The molecule has 1 saturated heterocycles. The van der Waals surface area contributed by atoms with Gasteiger partial charge in [-0.3, -0.25) is 4.79 Å². The number of aliphatic hydroxyl groups excluding tert-OH is 1. The Morgan fingerprint density at radius 3 is 2.60 bits per heavy atom. The van der Waals surface area contributed by atoms with Crippen LogP contribution in [0.15, 0.2) is 0 Å². The van der Waals surface area contributed by atoms with E-state index in [1.165, 1.54) is 0 Å². The number of hydrogen-bond acceptors (Lipinski definition) is 4. The van der Waals surface area contributed by atoms with Gasteiger partial charge in [0.05, 0.1) is 6.10 Å². The van der Waals surface area contributed by atoms with Gasteiger partial charge in [-0.1, -0.05) is 6.92 Å². The Morgan fingerprint density at radius 2 is 2.04 bits per heavy atom. The van der Waals surface area contributed by atoms with Crippen LogP contribution in [0.3, 0.4) is 0 Å². The molecule has 7 heteroatoms. The molecule has 1 heterocycles. The Kier molecular flexibility index (Phi) is 6.68. The zero-order chi connectivity index (χ0) is 18.7. The monoisotopic (exact) mass is 355 g/mol. The lowest BCUT2D eigenvalue weighted by Gasteiger charge is -2.46. The molecule has 1 saturated carbocycles. The molecule has 2 fully saturated rings. The zero-order valence-electron chi connectivity index (χ0n) is 15.8. The molecule has 0 bridgehead atoms. The molecule has 0 aromatic rings. The maximum absolute atomic E-state index is 12.6. The van der Waals surface area contributed by atoms with Gasteiger partial charge in [0.25, 0.3) is 0 Å². The molecule has 25 heavy (non-hydrogen) atoms. The SMILES string of the molecule is CC[C@H](O)[C@@H]1C[C@H](N(C)C(C)C)CC[C@@H]1N1CCC(NC(=O)O)C1=O. The first-order valence-corrected chi connectivity index (χ1v) is 9.46. The first kappa shape index (κ1) is 20.0. The summed E-state index contributed by atoms with van der Waals surface area (Å²) in [5, 5.41) is 21.8. The fourth-order valence-electron chi connectivity index (χ4n) is 4.38. The highest BCUT2D eigenvalue weighted by Gasteiger charge is 2.44. The number of rotatable bonds is 6. The van der Waals surface area contributed by atoms with Crippen LogP contribution < -0.4 is 5.32 Å². The van der Waals surface area contributed by atoms with Crippen LogP contribution in [-0.2, 0) is 4.79 Å². The Bertz CT molecular complexity index is 485. The summed E-state index contributed by atoms with van der Waals surface area (Å²) in [6, 6.07) is 0.208. The standard InChI is InChI=1S/C18H33N3O4/c1-5-16(22)13-10-12(20(4)11(2)3)6-7-15(13)21-9-8-14(17(21)23)19-18(24)25/h11-16,19,22H,5-10H2,1-4H3,(H,24,25)/t12-,13-,14?,15+,16+/m1/s1. The summed E-state index contributed by atoms with van der Waals surface area (Å²) in [6.07, 6.45) is 2.29. The van der Waals surface area contributed by atoms with Gasteiger partial charge in [0.1, 0.15) is 6.04 Å². The number of aliphatic hydroxyl groups is 1. The fourth-order valence-corrected chi connectivity index (χ4v) is 4.38. The molecule has 3 N–H and O–H groups in total. The van der Waals surface area contributed by atoms with Crippen LogP contribution in [0.1, 0.15) is 52.9 Å². The number of carbonyl (C=O) groups excluding carboxylic acids is 1. The Balaban J connectivity index is 2.11. The van der Waals surface area contributed by atoms with Crippen LogP contribution in [0.2, 0.25) is 0 Å². The van der Waals surface area contributed by atoms with E-state index in [-0.39, 0.29) is 17.9 Å². The summed E-state index contributed by atoms with van der Waals surface area (Å²) in [6.45, 7) is 6.87. The average Bonchev–Trinajstić information content (AvgIpc) is 2.92. The predicted molar refractivity (Wildman–Crippen MR) is 95.4 cm³/mol. The number of likely N-dealkylation sites (tertiary alicyclic amines) is 1. The fraction of sp³-hybridized carbons (Fsp3) is 0.889. The number of amides is 2. The molecule has 2 aliphatic rings. The van der Waals surface area contributed by atoms with Gasteiger partial charge in [-0.2, -0.15) is 0 Å². The zero-order valence-corrected chi connectivity index (χ0v) is 15.8. The molecule has 1 aliphatic carbocycles. The molecular weight excluding hydrogens is 322 g/mol. The van der Waals surface area contributed by atoms with Crippen molar-refractivity contribution in [1.82, 2.24) is 15.1 Å². The lowest BCUT2D eigenvalue weighted by atomic mass is 9.76. The van der Waals surface area contributed by atoms with E-state index in [1.54, 1.807) is 0 Å². The summed E-state index contributed by atoms with van der Waals surface area (Å²) in [7, 11) is 2.12. The lowest BCUT2D eigenvalue weighted by Crippen LogP contribution is -2.54. The third kappa shape index (κ3) is 4.44. The van der Waals surface area contributed by atoms with Gasteiger partial charge in [-0.15, -0.1) is 0 Å². The predicted octanol–water partition coefficient (Wildman–Crippen LogP) is 1.50. The Hall–Kier alpha value is -1.34. The molecule has 0 aromatic carbocycles. The van der Waals surface area contributed by atoms with E-state index in [4.69, 9.17) is 5.11 Å². The van der Waals surface area contributed by atoms with E-state index in [0.29, 0.717) is 31.5 Å². The van der Waals surface area contributed by atoms with E-state index in [9.17, 15) is 14.7 Å². The third-order valence-electron chi connectivity index (χ3n) is 6.08. The summed E-state index contributed by atoms with van der Waals surface area (Å²) < 4.78 is 0. The van der Waals surface area contributed by atoms with Crippen molar-refractivity contribution in [3.63, 3.8) is 0 Å². The number of nitrogens with one attached hydrogen (secondary N) is 1. The van der Waals surface area contributed by atoms with Gasteiger partial charge >= 0.3 is 6.09 Å². The maximum Gasteiger partial charge on any atom is 0.405 e. The molecule has 0 aromatic heterocycles. The molecule has 0 radical (unpaired) electrons. The van der Waals surface area contributed by atoms with E-state index in [0.717, 1.165) is 19.3 Å².